The van der Waals surface area contributed by atoms with Crippen molar-refractivity contribution in [3.8, 4) is 0 Å². The van der Waals surface area contributed by atoms with E-state index in [0.29, 0.717) is 12.3 Å². The molecule has 0 saturated heterocycles. The van der Waals surface area contributed by atoms with Crippen molar-refractivity contribution >= 4 is 17.7 Å². The fourth-order valence-corrected chi connectivity index (χ4v) is 1.58. The maximum absolute atomic E-state index is 11.6. The third kappa shape index (κ3) is 4.28. The lowest BCUT2D eigenvalue weighted by Gasteiger charge is -2.04. The highest BCUT2D eigenvalue weighted by molar-refractivity contribution is 7.98. The van der Waals surface area contributed by atoms with E-state index >= 15 is 0 Å². The number of carbonyl (C=O) groups excluding carboxylic acids is 1. The molecule has 1 heterocycles. The Morgan fingerprint density at radius 2 is 2.19 bits per heavy atom. The molecule has 0 radical (unpaired) electrons. The maximum Gasteiger partial charge on any atom is 0.287 e. The number of hydrogen-bond acceptors (Lipinski definition) is 4. The van der Waals surface area contributed by atoms with E-state index in [0.717, 1.165) is 24.6 Å². The van der Waals surface area contributed by atoms with Crippen LogP contribution < -0.4 is 10.6 Å². The van der Waals surface area contributed by atoms with Gasteiger partial charge in [-0.2, -0.15) is 0 Å². The van der Waals surface area contributed by atoms with Crippen molar-refractivity contribution in [2.24, 2.45) is 0 Å². The molecule has 0 aromatic carbocycles. The molecule has 1 rings (SSSR count). The third-order valence-electron chi connectivity index (χ3n) is 2.02. The van der Waals surface area contributed by atoms with Crippen LogP contribution in [0.3, 0.4) is 0 Å². The molecule has 5 heteroatoms. The number of amides is 1. The van der Waals surface area contributed by atoms with Crippen molar-refractivity contribution in [1.82, 2.24) is 10.6 Å². The van der Waals surface area contributed by atoms with Crippen LogP contribution >= 0.6 is 11.8 Å². The molecule has 4 nitrogen and oxygen atoms in total. The van der Waals surface area contributed by atoms with Gasteiger partial charge in [0.05, 0.1) is 0 Å². The number of nitrogens with one attached hydrogen (secondary N) is 2. The Labute approximate surface area is 100 Å². The molecule has 0 aliphatic heterocycles. The summed E-state index contributed by atoms with van der Waals surface area (Å²) in [6.45, 7) is 4.50. The third-order valence-corrected chi connectivity index (χ3v) is 2.64. The lowest BCUT2D eigenvalue weighted by atomic mass is 10.4. The fourth-order valence-electron chi connectivity index (χ4n) is 1.21. The molecule has 0 aliphatic rings. The van der Waals surface area contributed by atoms with Crippen LogP contribution in [0.5, 0.6) is 0 Å². The summed E-state index contributed by atoms with van der Waals surface area (Å²) >= 11 is 1.48. The van der Waals surface area contributed by atoms with E-state index in [2.05, 4.69) is 17.6 Å². The highest BCUT2D eigenvalue weighted by Gasteiger charge is 2.09. The van der Waals surface area contributed by atoms with Crippen LogP contribution in [-0.2, 0) is 0 Å². The lowest BCUT2D eigenvalue weighted by molar-refractivity contribution is 0.0921. The van der Waals surface area contributed by atoms with Gasteiger partial charge in [0.15, 0.2) is 10.9 Å². The molecule has 1 aromatic rings. The van der Waals surface area contributed by atoms with Gasteiger partial charge in [0.25, 0.3) is 5.91 Å². The second-order valence-electron chi connectivity index (χ2n) is 3.33. The van der Waals surface area contributed by atoms with Crippen LogP contribution in [0.15, 0.2) is 21.6 Å². The number of rotatable bonds is 7. The van der Waals surface area contributed by atoms with Gasteiger partial charge in [-0.25, -0.2) is 0 Å². The predicted octanol–water partition coefficient (Wildman–Crippen LogP) is 1.73. The topological polar surface area (TPSA) is 54.3 Å². The molecule has 1 aromatic heterocycles. The van der Waals surface area contributed by atoms with Crippen molar-refractivity contribution in [1.29, 1.82) is 0 Å². The van der Waals surface area contributed by atoms with Crippen molar-refractivity contribution < 1.29 is 9.21 Å². The summed E-state index contributed by atoms with van der Waals surface area (Å²) in [6, 6.07) is 3.50. The Kier molecular flexibility index (Phi) is 6.03. The predicted molar refractivity (Wildman–Crippen MR) is 66.0 cm³/mol. The average Bonchev–Trinajstić information content (AvgIpc) is 2.77. The minimum atomic E-state index is -0.154. The smallest absolute Gasteiger partial charge is 0.287 e. The van der Waals surface area contributed by atoms with E-state index in [1.807, 2.05) is 6.26 Å². The Morgan fingerprint density at radius 1 is 1.38 bits per heavy atom. The van der Waals surface area contributed by atoms with E-state index in [1.165, 1.54) is 11.8 Å². The highest BCUT2D eigenvalue weighted by Crippen LogP contribution is 2.17. The van der Waals surface area contributed by atoms with Gasteiger partial charge in [-0.05, 0) is 31.4 Å². The molecule has 0 bridgehead atoms. The maximum atomic E-state index is 11.6. The van der Waals surface area contributed by atoms with Gasteiger partial charge in [0.2, 0.25) is 0 Å². The summed E-state index contributed by atoms with van der Waals surface area (Å²) < 4.78 is 5.30. The largest absolute Gasteiger partial charge is 0.445 e. The van der Waals surface area contributed by atoms with E-state index < -0.39 is 0 Å². The zero-order valence-electron chi connectivity index (χ0n) is 9.71. The van der Waals surface area contributed by atoms with Gasteiger partial charge in [0.1, 0.15) is 0 Å². The van der Waals surface area contributed by atoms with Gasteiger partial charge >= 0.3 is 0 Å². The normalized spacial score (nSPS) is 10.4. The first kappa shape index (κ1) is 13.1. The van der Waals surface area contributed by atoms with Crippen LogP contribution in [0.25, 0.3) is 0 Å². The van der Waals surface area contributed by atoms with Crippen LogP contribution in [0.4, 0.5) is 0 Å². The molecular weight excluding hydrogens is 224 g/mol. The minimum absolute atomic E-state index is 0.154. The first-order chi connectivity index (χ1) is 7.77. The van der Waals surface area contributed by atoms with Crippen molar-refractivity contribution in [2.75, 3.05) is 25.9 Å². The average molecular weight is 242 g/mol. The Bertz CT molecular complexity index is 326. The van der Waals surface area contributed by atoms with Gasteiger partial charge in [-0.1, -0.05) is 18.7 Å². The summed E-state index contributed by atoms with van der Waals surface area (Å²) in [5.41, 5.74) is 0. The molecule has 0 saturated carbocycles. The van der Waals surface area contributed by atoms with E-state index in [-0.39, 0.29) is 5.91 Å². The zero-order chi connectivity index (χ0) is 11.8. The van der Waals surface area contributed by atoms with E-state index in [9.17, 15) is 4.79 Å². The second-order valence-corrected chi connectivity index (χ2v) is 4.14. The Morgan fingerprint density at radius 3 is 2.81 bits per heavy atom. The van der Waals surface area contributed by atoms with Crippen LogP contribution in [0.1, 0.15) is 23.9 Å². The second kappa shape index (κ2) is 7.35. The number of thioether (sulfide) groups is 1. The lowest BCUT2D eigenvalue weighted by Crippen LogP contribution is -2.31. The Balaban J connectivity index is 2.24. The molecule has 0 atom stereocenters. The molecule has 1 amide bonds. The summed E-state index contributed by atoms with van der Waals surface area (Å²) in [5.74, 6) is 0.221. The Hall–Kier alpha value is -0.940. The summed E-state index contributed by atoms with van der Waals surface area (Å²) in [4.78, 5) is 11.6. The molecule has 0 unspecified atom stereocenters. The van der Waals surface area contributed by atoms with Crippen molar-refractivity contribution in [2.45, 2.75) is 18.4 Å². The van der Waals surface area contributed by atoms with E-state index in [4.69, 9.17) is 4.42 Å². The fraction of sp³-hybridized carbons (Fsp3) is 0.545. The van der Waals surface area contributed by atoms with Gasteiger partial charge in [0, 0.05) is 13.1 Å². The zero-order valence-corrected chi connectivity index (χ0v) is 10.5. The van der Waals surface area contributed by atoms with Crippen LogP contribution in [-0.4, -0.2) is 31.8 Å². The van der Waals surface area contributed by atoms with Crippen LogP contribution in [0, 0.1) is 0 Å². The molecular formula is C11H18N2O2S. The number of carbonyl (C=O) groups is 1. The minimum Gasteiger partial charge on any atom is -0.445 e. The molecule has 2 N–H and O–H groups in total. The standard InChI is InChI=1S/C11H18N2O2S/c1-3-6-12-7-8-13-11(14)9-4-5-10(15-9)16-2/h4-5,12H,3,6-8H2,1-2H3,(H,13,14). The summed E-state index contributed by atoms with van der Waals surface area (Å²) in [5, 5.41) is 6.76. The molecule has 0 fully saturated rings. The molecule has 16 heavy (non-hydrogen) atoms. The first-order valence-corrected chi connectivity index (χ1v) is 6.63. The van der Waals surface area contributed by atoms with Gasteiger partial charge < -0.3 is 15.1 Å². The summed E-state index contributed by atoms with van der Waals surface area (Å²) in [6.07, 6.45) is 3.01. The molecule has 0 aliphatic carbocycles. The van der Waals surface area contributed by atoms with E-state index in [1.54, 1.807) is 12.1 Å². The number of hydrogen-bond donors (Lipinski definition) is 2. The molecule has 0 spiro atoms. The number of furan rings is 1. The SMILES string of the molecule is CCCNCCNC(=O)c1ccc(SC)o1. The summed E-state index contributed by atoms with van der Waals surface area (Å²) in [7, 11) is 0. The van der Waals surface area contributed by atoms with Gasteiger partial charge in [-0.15, -0.1) is 0 Å². The molecule has 90 valence electrons. The quantitative estimate of drug-likeness (QED) is 0.565. The van der Waals surface area contributed by atoms with Crippen LogP contribution in [0.2, 0.25) is 0 Å². The van der Waals surface area contributed by atoms with Crippen molar-refractivity contribution in [3.63, 3.8) is 0 Å². The van der Waals surface area contributed by atoms with Gasteiger partial charge in [-0.3, -0.25) is 4.79 Å². The van der Waals surface area contributed by atoms with Crippen molar-refractivity contribution in [3.05, 3.63) is 17.9 Å². The monoisotopic (exact) mass is 242 g/mol. The first-order valence-electron chi connectivity index (χ1n) is 5.40. The highest BCUT2D eigenvalue weighted by atomic mass is 32.2.